The summed E-state index contributed by atoms with van der Waals surface area (Å²) in [5, 5.41) is 0.991. The fraction of sp³-hybridized carbons (Fsp3) is 0.150. The van der Waals surface area contributed by atoms with Crippen LogP contribution in [0.5, 0.6) is 0 Å². The molecule has 3 heteroatoms. The van der Waals surface area contributed by atoms with Gasteiger partial charge in [0.05, 0.1) is 0 Å². The first-order valence-electron chi connectivity index (χ1n) is 7.50. The van der Waals surface area contributed by atoms with Crippen LogP contribution in [0.4, 0.5) is 0 Å². The molecule has 0 unspecified atom stereocenters. The number of para-hydroxylation sites is 1. The van der Waals surface area contributed by atoms with E-state index in [9.17, 15) is 4.79 Å². The molecular formula is C20H18O3. The summed E-state index contributed by atoms with van der Waals surface area (Å²) in [6.45, 7) is 6.12. The van der Waals surface area contributed by atoms with Gasteiger partial charge in [0.1, 0.15) is 24.4 Å². The number of esters is 1. The minimum Gasteiger partial charge on any atom is -0.460 e. The molecule has 1 heterocycles. The van der Waals surface area contributed by atoms with E-state index in [1.165, 1.54) is 0 Å². The van der Waals surface area contributed by atoms with Crippen LogP contribution >= 0.6 is 0 Å². The molecule has 0 saturated heterocycles. The topological polar surface area (TPSA) is 39.4 Å². The Morgan fingerprint density at radius 2 is 1.87 bits per heavy atom. The van der Waals surface area contributed by atoms with Crippen LogP contribution in [0.1, 0.15) is 23.8 Å². The summed E-state index contributed by atoms with van der Waals surface area (Å²) in [6, 6.07) is 17.4. The van der Waals surface area contributed by atoms with E-state index >= 15 is 0 Å². The van der Waals surface area contributed by atoms with Crippen LogP contribution in [0, 0.1) is 0 Å². The molecule has 1 aromatic heterocycles. The van der Waals surface area contributed by atoms with Gasteiger partial charge in [-0.05, 0) is 30.2 Å². The van der Waals surface area contributed by atoms with E-state index in [0.717, 1.165) is 27.7 Å². The van der Waals surface area contributed by atoms with E-state index in [0.29, 0.717) is 5.76 Å². The number of fused-ring (bicyclic) bond motifs is 1. The Morgan fingerprint density at radius 3 is 2.57 bits per heavy atom. The van der Waals surface area contributed by atoms with Gasteiger partial charge in [-0.2, -0.15) is 0 Å². The molecule has 0 bridgehead atoms. The highest BCUT2D eigenvalue weighted by molar-refractivity contribution is 5.80. The van der Waals surface area contributed by atoms with Gasteiger partial charge in [0.25, 0.3) is 0 Å². The number of allylic oxidation sites excluding steroid dienone is 1. The summed E-state index contributed by atoms with van der Waals surface area (Å²) in [6.07, 6.45) is 0.137. The third kappa shape index (κ3) is 3.69. The number of benzene rings is 2. The Labute approximate surface area is 135 Å². The van der Waals surface area contributed by atoms with E-state index in [4.69, 9.17) is 9.15 Å². The first-order valence-corrected chi connectivity index (χ1v) is 7.50. The quantitative estimate of drug-likeness (QED) is 0.638. The van der Waals surface area contributed by atoms with Crippen LogP contribution < -0.4 is 0 Å². The monoisotopic (exact) mass is 306 g/mol. The standard InChI is InChI=1S/C20H18O3/c1-14(2)16-9-7-15(8-10-16)13-22-20(21)12-18-11-17-5-3-4-6-19(17)23-18/h3-11H,1,12-13H2,2H3. The molecule has 3 rings (SSSR count). The maximum atomic E-state index is 11.9. The molecule has 0 amide bonds. The zero-order valence-electron chi connectivity index (χ0n) is 13.0. The lowest BCUT2D eigenvalue weighted by Crippen LogP contribution is -2.07. The molecule has 0 N–H and O–H groups in total. The van der Waals surface area contributed by atoms with E-state index in [1.807, 2.05) is 61.5 Å². The van der Waals surface area contributed by atoms with Crippen molar-refractivity contribution in [3.8, 4) is 0 Å². The number of hydrogen-bond acceptors (Lipinski definition) is 3. The van der Waals surface area contributed by atoms with Crippen molar-refractivity contribution in [2.75, 3.05) is 0 Å². The molecule has 0 aliphatic heterocycles. The normalized spacial score (nSPS) is 10.7. The Balaban J connectivity index is 1.57. The summed E-state index contributed by atoms with van der Waals surface area (Å²) < 4.78 is 10.9. The predicted molar refractivity (Wildman–Crippen MR) is 90.9 cm³/mol. The highest BCUT2D eigenvalue weighted by atomic mass is 16.5. The van der Waals surface area contributed by atoms with Crippen LogP contribution in [0.25, 0.3) is 16.5 Å². The number of hydrogen-bond donors (Lipinski definition) is 0. The van der Waals surface area contributed by atoms with Gasteiger partial charge in [0.2, 0.25) is 0 Å². The Kier molecular flexibility index (Phi) is 4.29. The minimum absolute atomic E-state index is 0.137. The summed E-state index contributed by atoms with van der Waals surface area (Å²) in [5.41, 5.74) is 3.83. The van der Waals surface area contributed by atoms with Gasteiger partial charge in [-0.3, -0.25) is 4.79 Å². The molecule has 0 saturated carbocycles. The molecule has 3 aromatic rings. The van der Waals surface area contributed by atoms with Gasteiger partial charge in [-0.25, -0.2) is 0 Å². The van der Waals surface area contributed by atoms with E-state index in [1.54, 1.807) is 0 Å². The molecule has 0 fully saturated rings. The van der Waals surface area contributed by atoms with E-state index in [2.05, 4.69) is 6.58 Å². The lowest BCUT2D eigenvalue weighted by Gasteiger charge is -2.05. The van der Waals surface area contributed by atoms with Crippen molar-refractivity contribution in [1.82, 2.24) is 0 Å². The van der Waals surface area contributed by atoms with Crippen LogP contribution in [-0.2, 0) is 22.6 Å². The molecule has 0 spiro atoms. The number of rotatable bonds is 5. The smallest absolute Gasteiger partial charge is 0.313 e. The third-order valence-electron chi connectivity index (χ3n) is 3.64. The van der Waals surface area contributed by atoms with Crippen molar-refractivity contribution in [3.05, 3.63) is 78.1 Å². The Bertz CT molecular complexity index is 808. The Hall–Kier alpha value is -2.81. The first-order chi connectivity index (χ1) is 11.1. The number of carbonyl (C=O) groups is 1. The van der Waals surface area contributed by atoms with Gasteiger partial charge in [-0.15, -0.1) is 0 Å². The lowest BCUT2D eigenvalue weighted by atomic mass is 10.1. The zero-order chi connectivity index (χ0) is 16.2. The maximum absolute atomic E-state index is 11.9. The molecule has 0 aliphatic rings. The molecule has 0 atom stereocenters. The van der Waals surface area contributed by atoms with Crippen molar-refractivity contribution in [2.24, 2.45) is 0 Å². The van der Waals surface area contributed by atoms with Gasteiger partial charge in [0.15, 0.2) is 0 Å². The van der Waals surface area contributed by atoms with Gasteiger partial charge >= 0.3 is 5.97 Å². The fourth-order valence-electron chi connectivity index (χ4n) is 2.37. The summed E-state index contributed by atoms with van der Waals surface area (Å²) >= 11 is 0. The molecule has 2 aromatic carbocycles. The summed E-state index contributed by atoms with van der Waals surface area (Å²) in [5.74, 6) is 0.321. The SMILES string of the molecule is C=C(C)c1ccc(COC(=O)Cc2cc3ccccc3o2)cc1. The molecule has 0 aliphatic carbocycles. The van der Waals surface area contributed by atoms with Crippen LogP contribution in [0.3, 0.4) is 0 Å². The first kappa shape index (κ1) is 15.1. The molecular weight excluding hydrogens is 288 g/mol. The second-order valence-corrected chi connectivity index (χ2v) is 5.57. The predicted octanol–water partition coefficient (Wildman–Crippen LogP) is 4.75. The van der Waals surface area contributed by atoms with Crippen molar-refractivity contribution in [3.63, 3.8) is 0 Å². The van der Waals surface area contributed by atoms with Gasteiger partial charge in [-0.1, -0.05) is 54.6 Å². The Morgan fingerprint density at radius 1 is 1.13 bits per heavy atom. The highest BCUT2D eigenvalue weighted by Crippen LogP contribution is 2.19. The summed E-state index contributed by atoms with van der Waals surface area (Å²) in [7, 11) is 0. The lowest BCUT2D eigenvalue weighted by molar-refractivity contribution is -0.144. The third-order valence-corrected chi connectivity index (χ3v) is 3.64. The van der Waals surface area contributed by atoms with Crippen molar-refractivity contribution in [1.29, 1.82) is 0 Å². The number of furan rings is 1. The van der Waals surface area contributed by atoms with Crippen molar-refractivity contribution < 1.29 is 13.9 Å². The average Bonchev–Trinajstić information content (AvgIpc) is 2.95. The fourth-order valence-corrected chi connectivity index (χ4v) is 2.37. The van der Waals surface area contributed by atoms with E-state index in [-0.39, 0.29) is 19.0 Å². The summed E-state index contributed by atoms with van der Waals surface area (Å²) in [4.78, 5) is 11.9. The van der Waals surface area contributed by atoms with Gasteiger partial charge < -0.3 is 9.15 Å². The van der Waals surface area contributed by atoms with Crippen LogP contribution in [0.2, 0.25) is 0 Å². The zero-order valence-corrected chi connectivity index (χ0v) is 13.0. The molecule has 23 heavy (non-hydrogen) atoms. The van der Waals surface area contributed by atoms with Crippen LogP contribution in [-0.4, -0.2) is 5.97 Å². The highest BCUT2D eigenvalue weighted by Gasteiger charge is 2.10. The largest absolute Gasteiger partial charge is 0.460 e. The number of ether oxygens (including phenoxy) is 1. The second-order valence-electron chi connectivity index (χ2n) is 5.57. The molecule has 0 radical (unpaired) electrons. The minimum atomic E-state index is -0.298. The van der Waals surface area contributed by atoms with E-state index < -0.39 is 0 Å². The number of carbonyl (C=O) groups excluding carboxylic acids is 1. The van der Waals surface area contributed by atoms with Crippen LogP contribution in [0.15, 0.2) is 65.6 Å². The van der Waals surface area contributed by atoms with Crippen molar-refractivity contribution >= 4 is 22.5 Å². The van der Waals surface area contributed by atoms with Crippen molar-refractivity contribution in [2.45, 2.75) is 20.0 Å². The molecule has 116 valence electrons. The average molecular weight is 306 g/mol. The van der Waals surface area contributed by atoms with Gasteiger partial charge in [0, 0.05) is 5.39 Å². The maximum Gasteiger partial charge on any atom is 0.313 e. The molecule has 3 nitrogen and oxygen atoms in total. The second kappa shape index (κ2) is 6.53.